The molecule has 1 fully saturated rings. The van der Waals surface area contributed by atoms with Gasteiger partial charge in [0.15, 0.2) is 0 Å². The number of fused-ring (bicyclic) bond motifs is 1. The van der Waals surface area contributed by atoms with Gasteiger partial charge in [0.1, 0.15) is 6.10 Å². The molecule has 1 aliphatic heterocycles. The Morgan fingerprint density at radius 2 is 1.94 bits per heavy atom. The minimum absolute atomic E-state index is 0.365. The molecule has 1 heteroatoms. The minimum atomic E-state index is 0.365. The summed E-state index contributed by atoms with van der Waals surface area (Å²) in [5.41, 5.74) is 2.84. The van der Waals surface area contributed by atoms with Crippen molar-refractivity contribution in [2.45, 2.75) is 26.4 Å². The van der Waals surface area contributed by atoms with Crippen molar-refractivity contribution in [3.05, 3.63) is 60.2 Å². The van der Waals surface area contributed by atoms with Crippen molar-refractivity contribution in [1.29, 1.82) is 0 Å². The number of rotatable bonds is 2. The highest BCUT2D eigenvalue weighted by Crippen LogP contribution is 2.35. The Morgan fingerprint density at radius 1 is 1.28 bits per heavy atom. The Bertz CT molecular complexity index is 538. The second kappa shape index (κ2) is 5.83. The summed E-state index contributed by atoms with van der Waals surface area (Å²) in [4.78, 5) is 0. The second-order valence-corrected chi connectivity index (χ2v) is 4.44. The van der Waals surface area contributed by atoms with Crippen molar-refractivity contribution in [3.8, 4) is 0 Å². The summed E-state index contributed by atoms with van der Waals surface area (Å²) in [6, 6.07) is 13.0. The SMILES string of the molecule is C=CC.CCc1c(C2CO2)ccc2ccccc12. The number of benzene rings is 2. The van der Waals surface area contributed by atoms with Gasteiger partial charge in [-0.25, -0.2) is 0 Å². The van der Waals surface area contributed by atoms with Crippen LogP contribution < -0.4 is 0 Å². The predicted molar refractivity (Wildman–Crippen MR) is 77.9 cm³/mol. The molecule has 1 heterocycles. The van der Waals surface area contributed by atoms with E-state index in [0.717, 1.165) is 13.0 Å². The van der Waals surface area contributed by atoms with Crippen molar-refractivity contribution >= 4 is 10.8 Å². The van der Waals surface area contributed by atoms with Gasteiger partial charge in [0.25, 0.3) is 0 Å². The molecule has 1 aliphatic rings. The van der Waals surface area contributed by atoms with Gasteiger partial charge in [0, 0.05) is 0 Å². The van der Waals surface area contributed by atoms with E-state index in [9.17, 15) is 0 Å². The third kappa shape index (κ3) is 2.62. The van der Waals surface area contributed by atoms with Gasteiger partial charge in [-0.15, -0.1) is 6.58 Å². The molecule has 1 saturated heterocycles. The Labute approximate surface area is 109 Å². The van der Waals surface area contributed by atoms with Crippen LogP contribution in [0.3, 0.4) is 0 Å². The summed E-state index contributed by atoms with van der Waals surface area (Å²) in [6.07, 6.45) is 3.20. The first kappa shape index (κ1) is 12.8. The van der Waals surface area contributed by atoms with Gasteiger partial charge >= 0.3 is 0 Å². The lowest BCUT2D eigenvalue weighted by atomic mass is 9.95. The number of hydrogen-bond acceptors (Lipinski definition) is 1. The van der Waals surface area contributed by atoms with E-state index in [4.69, 9.17) is 4.74 Å². The van der Waals surface area contributed by atoms with E-state index in [-0.39, 0.29) is 0 Å². The Hall–Kier alpha value is -1.60. The van der Waals surface area contributed by atoms with Crippen molar-refractivity contribution < 1.29 is 4.74 Å². The molecule has 0 aromatic heterocycles. The van der Waals surface area contributed by atoms with Gasteiger partial charge in [-0.05, 0) is 35.2 Å². The van der Waals surface area contributed by atoms with Crippen LogP contribution in [0, 0.1) is 0 Å². The fraction of sp³-hybridized carbons (Fsp3) is 0.294. The Kier molecular flexibility index (Phi) is 4.16. The van der Waals surface area contributed by atoms with E-state index < -0.39 is 0 Å². The first-order chi connectivity index (χ1) is 8.81. The molecule has 0 saturated carbocycles. The average molecular weight is 240 g/mol. The fourth-order valence-corrected chi connectivity index (χ4v) is 2.28. The quantitative estimate of drug-likeness (QED) is 0.549. The third-order valence-corrected chi connectivity index (χ3v) is 3.11. The van der Waals surface area contributed by atoms with Crippen molar-refractivity contribution in [3.63, 3.8) is 0 Å². The summed E-state index contributed by atoms with van der Waals surface area (Å²) in [5, 5.41) is 2.71. The highest BCUT2D eigenvalue weighted by Gasteiger charge is 2.27. The lowest BCUT2D eigenvalue weighted by molar-refractivity contribution is 0.415. The zero-order valence-electron chi connectivity index (χ0n) is 11.1. The molecule has 18 heavy (non-hydrogen) atoms. The number of aryl methyl sites for hydroxylation is 1. The molecule has 0 amide bonds. The number of hydrogen-bond donors (Lipinski definition) is 0. The van der Waals surface area contributed by atoms with Crippen LogP contribution in [0.25, 0.3) is 10.8 Å². The molecule has 0 N–H and O–H groups in total. The topological polar surface area (TPSA) is 12.5 Å². The average Bonchev–Trinajstić information content (AvgIpc) is 3.22. The summed E-state index contributed by atoms with van der Waals surface area (Å²) < 4.78 is 5.39. The molecule has 0 radical (unpaired) electrons. The molecule has 0 spiro atoms. The summed E-state index contributed by atoms with van der Waals surface area (Å²) in [7, 11) is 0. The number of ether oxygens (including phenoxy) is 1. The van der Waals surface area contributed by atoms with Gasteiger partial charge < -0.3 is 4.74 Å². The van der Waals surface area contributed by atoms with Gasteiger partial charge in [-0.1, -0.05) is 49.4 Å². The zero-order valence-corrected chi connectivity index (χ0v) is 11.1. The van der Waals surface area contributed by atoms with Crippen molar-refractivity contribution in [2.75, 3.05) is 6.61 Å². The van der Waals surface area contributed by atoms with Crippen LogP contribution in [0.4, 0.5) is 0 Å². The predicted octanol–water partition coefficient (Wildman–Crippen LogP) is 4.67. The van der Waals surface area contributed by atoms with Crippen molar-refractivity contribution in [2.24, 2.45) is 0 Å². The largest absolute Gasteiger partial charge is 0.368 e. The van der Waals surface area contributed by atoms with Gasteiger partial charge in [-0.3, -0.25) is 0 Å². The molecule has 0 aliphatic carbocycles. The van der Waals surface area contributed by atoms with E-state index in [1.165, 1.54) is 21.9 Å². The van der Waals surface area contributed by atoms with Gasteiger partial charge in [0.2, 0.25) is 0 Å². The normalized spacial score (nSPS) is 16.9. The number of allylic oxidation sites excluding steroid dienone is 1. The summed E-state index contributed by atoms with van der Waals surface area (Å²) >= 11 is 0. The number of epoxide rings is 1. The van der Waals surface area contributed by atoms with E-state index in [1.807, 2.05) is 6.92 Å². The molecule has 3 rings (SSSR count). The van der Waals surface area contributed by atoms with Crippen LogP contribution in [-0.2, 0) is 11.2 Å². The fourth-order valence-electron chi connectivity index (χ4n) is 2.28. The molecule has 94 valence electrons. The monoisotopic (exact) mass is 240 g/mol. The molecular formula is C17H20O. The zero-order chi connectivity index (χ0) is 13.0. The minimum Gasteiger partial charge on any atom is -0.368 e. The molecule has 2 aromatic rings. The first-order valence-corrected chi connectivity index (χ1v) is 6.51. The summed E-state index contributed by atoms with van der Waals surface area (Å²) in [6.45, 7) is 8.36. The second-order valence-electron chi connectivity index (χ2n) is 4.44. The molecule has 1 unspecified atom stereocenters. The molecular weight excluding hydrogens is 220 g/mol. The van der Waals surface area contributed by atoms with E-state index in [0.29, 0.717) is 6.10 Å². The molecule has 0 bridgehead atoms. The third-order valence-electron chi connectivity index (χ3n) is 3.11. The molecule has 2 aromatic carbocycles. The van der Waals surface area contributed by atoms with Crippen LogP contribution in [-0.4, -0.2) is 6.61 Å². The Morgan fingerprint density at radius 3 is 2.56 bits per heavy atom. The van der Waals surface area contributed by atoms with Crippen LogP contribution in [0.1, 0.15) is 31.1 Å². The molecule has 1 atom stereocenters. The van der Waals surface area contributed by atoms with Crippen LogP contribution in [0.15, 0.2) is 49.1 Å². The highest BCUT2D eigenvalue weighted by atomic mass is 16.6. The maximum absolute atomic E-state index is 5.39. The maximum atomic E-state index is 5.39. The lowest BCUT2D eigenvalue weighted by Crippen LogP contribution is -1.92. The van der Waals surface area contributed by atoms with Gasteiger partial charge in [0.05, 0.1) is 6.61 Å². The van der Waals surface area contributed by atoms with E-state index >= 15 is 0 Å². The van der Waals surface area contributed by atoms with Crippen LogP contribution in [0.2, 0.25) is 0 Å². The standard InChI is InChI=1S/C14H14O.C3H6/c1-2-11-12-6-4-3-5-10(12)7-8-13(11)14-9-15-14;1-3-2/h3-8,14H,2,9H2,1H3;3H,1H2,2H3. The smallest absolute Gasteiger partial charge is 0.106 e. The van der Waals surface area contributed by atoms with Crippen molar-refractivity contribution in [1.82, 2.24) is 0 Å². The van der Waals surface area contributed by atoms with Crippen LogP contribution >= 0.6 is 0 Å². The van der Waals surface area contributed by atoms with E-state index in [1.54, 1.807) is 6.08 Å². The van der Waals surface area contributed by atoms with Crippen LogP contribution in [0.5, 0.6) is 0 Å². The first-order valence-electron chi connectivity index (χ1n) is 6.51. The molecule has 1 nitrogen and oxygen atoms in total. The highest BCUT2D eigenvalue weighted by molar-refractivity contribution is 5.87. The Balaban J connectivity index is 0.000000367. The maximum Gasteiger partial charge on any atom is 0.106 e. The lowest BCUT2D eigenvalue weighted by Gasteiger charge is -2.09. The van der Waals surface area contributed by atoms with Gasteiger partial charge in [-0.2, -0.15) is 0 Å². The summed E-state index contributed by atoms with van der Waals surface area (Å²) in [5.74, 6) is 0. The van der Waals surface area contributed by atoms with E-state index in [2.05, 4.69) is 49.9 Å².